The molecule has 0 unspecified atom stereocenters. The van der Waals surface area contributed by atoms with Gasteiger partial charge in [0.2, 0.25) is 5.91 Å². The summed E-state index contributed by atoms with van der Waals surface area (Å²) in [6.45, 7) is 8.37. The molecule has 1 aliphatic rings. The number of aromatic nitrogens is 5. The quantitative estimate of drug-likeness (QED) is 0.126. The number of carbonyl (C=O) groups excluding carboxylic acids is 1. The normalized spacial score (nSPS) is 16.2. The zero-order valence-corrected chi connectivity index (χ0v) is 27.1. The van der Waals surface area contributed by atoms with Crippen LogP contribution in [0.25, 0.3) is 54.9 Å². The zero-order chi connectivity index (χ0) is 33.0. The molecule has 0 saturated heterocycles. The molecule has 2 aromatic carbocycles. The Hall–Kier alpha value is -4.94. The van der Waals surface area contributed by atoms with Gasteiger partial charge in [0, 0.05) is 54.0 Å². The Labute approximate surface area is 273 Å². The van der Waals surface area contributed by atoms with Crippen molar-refractivity contribution in [2.45, 2.75) is 25.9 Å². The lowest BCUT2D eigenvalue weighted by Gasteiger charge is -2.36. The van der Waals surface area contributed by atoms with Crippen LogP contribution in [-0.4, -0.2) is 62.0 Å². The molecule has 0 bridgehead atoms. The lowest BCUT2D eigenvalue weighted by atomic mass is 9.96. The molecule has 1 aliphatic heterocycles. The van der Waals surface area contributed by atoms with Crippen LogP contribution in [0.15, 0.2) is 66.8 Å². The van der Waals surface area contributed by atoms with E-state index in [4.69, 9.17) is 19.6 Å². The number of carbonyl (C=O) groups is 1. The topological polar surface area (TPSA) is 87.3 Å². The second-order valence-corrected chi connectivity index (χ2v) is 12.5. The van der Waals surface area contributed by atoms with E-state index in [2.05, 4.69) is 11.6 Å². The second-order valence-electron chi connectivity index (χ2n) is 11.6. The van der Waals surface area contributed by atoms with Crippen molar-refractivity contribution < 1.29 is 23.0 Å². The molecule has 0 radical (unpaired) electrons. The van der Waals surface area contributed by atoms with E-state index in [0.29, 0.717) is 29.2 Å². The molecule has 4 aromatic heterocycles. The van der Waals surface area contributed by atoms with Crippen LogP contribution in [0.3, 0.4) is 0 Å². The largest absolute Gasteiger partial charge is 0.490 e. The van der Waals surface area contributed by atoms with Crippen LogP contribution in [0, 0.1) is 11.6 Å². The van der Waals surface area contributed by atoms with E-state index in [1.807, 2.05) is 65.9 Å². The Morgan fingerprint density at radius 2 is 1.94 bits per heavy atom. The van der Waals surface area contributed by atoms with Gasteiger partial charge in [0.1, 0.15) is 35.4 Å². The SMILES string of the molecule is C=CC(=O)N1C[C@H](C)n2nc(-c3nc(-c4ccc5ncn(C)c5c4)c4ccsc4c3-c3c(F)cc(F)cc3OCCOC)cc2[C@H]1C. The van der Waals surface area contributed by atoms with Gasteiger partial charge in [0.05, 0.1) is 53.0 Å². The third-order valence-corrected chi connectivity index (χ3v) is 9.59. The number of methoxy groups -OCH3 is 1. The van der Waals surface area contributed by atoms with E-state index < -0.39 is 11.6 Å². The van der Waals surface area contributed by atoms with Crippen LogP contribution in [0.1, 0.15) is 31.6 Å². The average Bonchev–Trinajstić information content (AvgIpc) is 3.81. The first-order chi connectivity index (χ1) is 22.7. The number of rotatable bonds is 8. The van der Waals surface area contributed by atoms with Gasteiger partial charge in [-0.25, -0.2) is 18.7 Å². The summed E-state index contributed by atoms with van der Waals surface area (Å²) in [5, 5.41) is 7.75. The fourth-order valence-electron chi connectivity index (χ4n) is 6.34. The average molecular weight is 655 g/mol. The van der Waals surface area contributed by atoms with Crippen molar-refractivity contribution in [3.05, 3.63) is 84.2 Å². The third kappa shape index (κ3) is 5.17. The molecule has 2 atom stereocenters. The number of hydrogen-bond donors (Lipinski definition) is 0. The van der Waals surface area contributed by atoms with Gasteiger partial charge in [-0.05, 0) is 49.6 Å². The second kappa shape index (κ2) is 12.0. The molecular formula is C35H32F2N6O3S. The van der Waals surface area contributed by atoms with Crippen molar-refractivity contribution in [1.82, 2.24) is 29.2 Å². The molecule has 0 N–H and O–H groups in total. The summed E-state index contributed by atoms with van der Waals surface area (Å²) in [7, 11) is 3.46. The number of nitrogens with zero attached hydrogens (tertiary/aromatic N) is 6. The Bertz CT molecular complexity index is 2190. The van der Waals surface area contributed by atoms with Crippen LogP contribution >= 0.6 is 11.3 Å². The van der Waals surface area contributed by atoms with Crippen molar-refractivity contribution in [3.8, 4) is 39.5 Å². The maximum absolute atomic E-state index is 16.1. The minimum absolute atomic E-state index is 0.0369. The highest BCUT2D eigenvalue weighted by molar-refractivity contribution is 7.18. The Kier molecular flexibility index (Phi) is 7.85. The van der Waals surface area contributed by atoms with E-state index in [9.17, 15) is 9.18 Å². The summed E-state index contributed by atoms with van der Waals surface area (Å²) in [6, 6.07) is 11.4. The summed E-state index contributed by atoms with van der Waals surface area (Å²) in [4.78, 5) is 24.2. The predicted molar refractivity (Wildman–Crippen MR) is 178 cm³/mol. The molecule has 1 amide bonds. The van der Waals surface area contributed by atoms with Crippen LogP contribution in [0.5, 0.6) is 5.75 Å². The van der Waals surface area contributed by atoms with E-state index in [0.717, 1.165) is 38.4 Å². The van der Waals surface area contributed by atoms with Crippen LogP contribution in [0.2, 0.25) is 0 Å². The van der Waals surface area contributed by atoms with Crippen molar-refractivity contribution >= 4 is 38.4 Å². The minimum atomic E-state index is -0.785. The Morgan fingerprint density at radius 3 is 2.72 bits per heavy atom. The summed E-state index contributed by atoms with van der Waals surface area (Å²) in [5.74, 6) is -1.68. The number of aryl methyl sites for hydroxylation is 1. The molecule has 0 saturated carbocycles. The summed E-state index contributed by atoms with van der Waals surface area (Å²) >= 11 is 1.43. The van der Waals surface area contributed by atoms with Gasteiger partial charge in [-0.2, -0.15) is 5.10 Å². The van der Waals surface area contributed by atoms with Gasteiger partial charge in [0.15, 0.2) is 0 Å². The molecular weight excluding hydrogens is 622 g/mol. The zero-order valence-electron chi connectivity index (χ0n) is 26.3. The smallest absolute Gasteiger partial charge is 0.246 e. The number of benzene rings is 2. The van der Waals surface area contributed by atoms with E-state index in [-0.39, 0.29) is 42.5 Å². The minimum Gasteiger partial charge on any atom is -0.490 e. The van der Waals surface area contributed by atoms with Crippen molar-refractivity contribution in [3.63, 3.8) is 0 Å². The van der Waals surface area contributed by atoms with Gasteiger partial charge >= 0.3 is 0 Å². The molecule has 6 aromatic rings. The van der Waals surface area contributed by atoms with Gasteiger partial charge in [-0.3, -0.25) is 9.48 Å². The number of amides is 1. The standard InChI is InChI=1S/C35H32F2N6O3S/c1-6-30(44)42-17-19(2)43-27(20(42)3)16-26(40-43)34-32(31-24(37)14-22(36)15-29(31)46-11-10-45-5)35-23(9-12-47-35)33(39-34)21-7-8-25-28(13-21)41(4)18-38-25/h6-9,12-16,18-20H,1,10-11,17H2,2-5H3/t19-,20+/m0/s1. The lowest BCUT2D eigenvalue weighted by molar-refractivity contribution is -0.129. The van der Waals surface area contributed by atoms with Crippen molar-refractivity contribution in [2.24, 2.45) is 7.05 Å². The van der Waals surface area contributed by atoms with Crippen LogP contribution in [-0.2, 0) is 16.6 Å². The fraction of sp³-hybridized carbons (Fsp3) is 0.257. The first kappa shape index (κ1) is 30.7. The summed E-state index contributed by atoms with van der Waals surface area (Å²) in [5.41, 5.74) is 5.55. The summed E-state index contributed by atoms with van der Waals surface area (Å²) in [6.07, 6.45) is 3.08. The van der Waals surface area contributed by atoms with Crippen LogP contribution in [0.4, 0.5) is 8.78 Å². The monoisotopic (exact) mass is 654 g/mol. The molecule has 47 heavy (non-hydrogen) atoms. The maximum Gasteiger partial charge on any atom is 0.246 e. The third-order valence-electron chi connectivity index (χ3n) is 8.66. The van der Waals surface area contributed by atoms with E-state index in [1.165, 1.54) is 30.6 Å². The highest BCUT2D eigenvalue weighted by Gasteiger charge is 2.34. The number of pyridine rings is 1. The van der Waals surface area contributed by atoms with Crippen molar-refractivity contribution in [2.75, 3.05) is 26.9 Å². The number of imidazole rings is 1. The number of hydrogen-bond acceptors (Lipinski definition) is 7. The number of ether oxygens (including phenoxy) is 2. The number of halogens is 2. The van der Waals surface area contributed by atoms with Gasteiger partial charge in [-0.15, -0.1) is 11.3 Å². The first-order valence-corrected chi connectivity index (χ1v) is 16.0. The predicted octanol–water partition coefficient (Wildman–Crippen LogP) is 7.33. The summed E-state index contributed by atoms with van der Waals surface area (Å²) < 4.78 is 46.4. The highest BCUT2D eigenvalue weighted by Crippen LogP contribution is 2.48. The fourth-order valence-corrected chi connectivity index (χ4v) is 7.29. The molecule has 0 fully saturated rings. The van der Waals surface area contributed by atoms with Gasteiger partial charge < -0.3 is 18.9 Å². The van der Waals surface area contributed by atoms with E-state index in [1.54, 1.807) is 11.2 Å². The van der Waals surface area contributed by atoms with E-state index >= 15 is 4.39 Å². The van der Waals surface area contributed by atoms with Crippen LogP contribution < -0.4 is 4.74 Å². The number of thiophene rings is 1. The van der Waals surface area contributed by atoms with Gasteiger partial charge in [0.25, 0.3) is 0 Å². The number of fused-ring (bicyclic) bond motifs is 3. The molecule has 9 nitrogen and oxygen atoms in total. The molecule has 0 spiro atoms. The lowest BCUT2D eigenvalue weighted by Crippen LogP contribution is -2.42. The molecule has 7 rings (SSSR count). The Morgan fingerprint density at radius 1 is 1.11 bits per heavy atom. The van der Waals surface area contributed by atoms with Gasteiger partial charge in [-0.1, -0.05) is 12.6 Å². The molecule has 0 aliphatic carbocycles. The van der Waals surface area contributed by atoms with Crippen molar-refractivity contribution in [1.29, 1.82) is 0 Å². The first-order valence-electron chi connectivity index (χ1n) is 15.2. The Balaban J connectivity index is 1.52. The highest BCUT2D eigenvalue weighted by atomic mass is 32.1. The maximum atomic E-state index is 16.1. The molecule has 240 valence electrons. The molecule has 12 heteroatoms. The molecule has 5 heterocycles.